The largest absolute Gasteiger partial charge is 0.452 e. The summed E-state index contributed by atoms with van der Waals surface area (Å²) in [4.78, 5) is 24.0. The summed E-state index contributed by atoms with van der Waals surface area (Å²) in [5.74, 6) is -1.16. The third kappa shape index (κ3) is 6.20. The molecule has 2 aromatic carbocycles. The Morgan fingerprint density at radius 3 is 2.52 bits per heavy atom. The molecule has 0 radical (unpaired) electrons. The molecular formula is C23H21Cl2N3O3. The molecule has 3 aromatic rings. The van der Waals surface area contributed by atoms with E-state index in [2.05, 4.69) is 10.4 Å². The number of carbonyl (C=O) groups is 2. The quantitative estimate of drug-likeness (QED) is 0.397. The van der Waals surface area contributed by atoms with Gasteiger partial charge >= 0.3 is 5.97 Å². The lowest BCUT2D eigenvalue weighted by molar-refractivity contribution is -0.142. The van der Waals surface area contributed by atoms with Gasteiger partial charge in [0, 0.05) is 11.6 Å². The van der Waals surface area contributed by atoms with Crippen molar-refractivity contribution in [3.8, 4) is 0 Å². The summed E-state index contributed by atoms with van der Waals surface area (Å²) in [6.07, 6.45) is 2.75. The Bertz CT molecular complexity index is 1120. The van der Waals surface area contributed by atoms with E-state index in [4.69, 9.17) is 27.9 Å². The summed E-state index contributed by atoms with van der Waals surface area (Å²) < 4.78 is 6.65. The summed E-state index contributed by atoms with van der Waals surface area (Å²) in [5.41, 5.74) is 3.98. The Balaban J connectivity index is 1.57. The van der Waals surface area contributed by atoms with Crippen molar-refractivity contribution in [2.24, 2.45) is 0 Å². The van der Waals surface area contributed by atoms with Crippen molar-refractivity contribution in [3.05, 3.63) is 87.2 Å². The van der Waals surface area contributed by atoms with E-state index >= 15 is 0 Å². The smallest absolute Gasteiger partial charge is 0.331 e. The van der Waals surface area contributed by atoms with Gasteiger partial charge in [-0.2, -0.15) is 5.10 Å². The number of hydrogen-bond donors (Lipinski definition) is 1. The SMILES string of the molecule is Cc1ccc(Cn2nc(C)c(/C=C/C(=O)OCC(=O)Nc3ccccc3Cl)c2Cl)cc1. The fraction of sp³-hybridized carbons (Fsp3) is 0.174. The summed E-state index contributed by atoms with van der Waals surface area (Å²) in [6.45, 7) is 3.91. The second-order valence-electron chi connectivity index (χ2n) is 6.90. The molecule has 1 N–H and O–H groups in total. The summed E-state index contributed by atoms with van der Waals surface area (Å²) in [5, 5.41) is 7.83. The predicted octanol–water partition coefficient (Wildman–Crippen LogP) is 5.05. The Morgan fingerprint density at radius 1 is 1.10 bits per heavy atom. The molecule has 6 nitrogen and oxygen atoms in total. The third-order valence-corrected chi connectivity index (χ3v) is 5.17. The highest BCUT2D eigenvalue weighted by molar-refractivity contribution is 6.33. The highest BCUT2D eigenvalue weighted by Gasteiger charge is 2.13. The van der Waals surface area contributed by atoms with E-state index in [1.165, 1.54) is 17.7 Å². The molecule has 0 fully saturated rings. The van der Waals surface area contributed by atoms with E-state index < -0.39 is 18.5 Å². The number of esters is 1. The highest BCUT2D eigenvalue weighted by atomic mass is 35.5. The molecule has 0 saturated carbocycles. The van der Waals surface area contributed by atoms with Crippen LogP contribution in [0.2, 0.25) is 10.2 Å². The second kappa shape index (κ2) is 10.3. The van der Waals surface area contributed by atoms with Crippen LogP contribution >= 0.6 is 23.2 Å². The van der Waals surface area contributed by atoms with Crippen molar-refractivity contribution in [1.82, 2.24) is 9.78 Å². The van der Waals surface area contributed by atoms with Crippen LogP contribution < -0.4 is 5.32 Å². The molecule has 8 heteroatoms. The van der Waals surface area contributed by atoms with Gasteiger partial charge in [0.15, 0.2) is 6.61 Å². The zero-order valence-electron chi connectivity index (χ0n) is 17.1. The van der Waals surface area contributed by atoms with Crippen LogP contribution in [0.5, 0.6) is 0 Å². The second-order valence-corrected chi connectivity index (χ2v) is 7.67. The average molecular weight is 458 g/mol. The molecule has 0 atom stereocenters. The number of aryl methyl sites for hydroxylation is 2. The fourth-order valence-corrected chi connectivity index (χ4v) is 3.29. The number of hydrogen-bond acceptors (Lipinski definition) is 4. The van der Waals surface area contributed by atoms with Crippen molar-refractivity contribution in [2.75, 3.05) is 11.9 Å². The Hall–Kier alpha value is -3.09. The number of carbonyl (C=O) groups excluding carboxylic acids is 2. The Kier molecular flexibility index (Phi) is 7.50. The van der Waals surface area contributed by atoms with E-state index in [0.717, 1.165) is 5.56 Å². The maximum Gasteiger partial charge on any atom is 0.331 e. The van der Waals surface area contributed by atoms with Crippen LogP contribution in [0.4, 0.5) is 5.69 Å². The average Bonchev–Trinajstić information content (AvgIpc) is 3.01. The lowest BCUT2D eigenvalue weighted by Gasteiger charge is -2.06. The van der Waals surface area contributed by atoms with E-state index in [-0.39, 0.29) is 0 Å². The Morgan fingerprint density at radius 2 is 1.81 bits per heavy atom. The van der Waals surface area contributed by atoms with Crippen molar-refractivity contribution in [2.45, 2.75) is 20.4 Å². The van der Waals surface area contributed by atoms with Gasteiger partial charge in [-0.3, -0.25) is 4.79 Å². The van der Waals surface area contributed by atoms with Crippen LogP contribution in [-0.4, -0.2) is 28.3 Å². The van der Waals surface area contributed by atoms with Crippen LogP contribution in [-0.2, 0) is 20.9 Å². The fourth-order valence-electron chi connectivity index (χ4n) is 2.81. The Labute approximate surface area is 190 Å². The molecule has 0 bridgehead atoms. The molecular weight excluding hydrogens is 437 g/mol. The summed E-state index contributed by atoms with van der Waals surface area (Å²) >= 11 is 12.4. The van der Waals surface area contributed by atoms with Gasteiger partial charge in [-0.05, 0) is 37.6 Å². The maximum atomic E-state index is 12.0. The van der Waals surface area contributed by atoms with Gasteiger partial charge in [0.1, 0.15) is 5.15 Å². The van der Waals surface area contributed by atoms with E-state index in [1.54, 1.807) is 35.9 Å². The van der Waals surface area contributed by atoms with Crippen molar-refractivity contribution >= 4 is 46.8 Å². The maximum absolute atomic E-state index is 12.0. The minimum Gasteiger partial charge on any atom is -0.452 e. The van der Waals surface area contributed by atoms with Gasteiger partial charge in [-0.25, -0.2) is 9.48 Å². The number of benzene rings is 2. The first-order valence-corrected chi connectivity index (χ1v) is 10.3. The van der Waals surface area contributed by atoms with Gasteiger partial charge in [-0.1, -0.05) is 65.2 Å². The van der Waals surface area contributed by atoms with Crippen LogP contribution in [0.25, 0.3) is 6.08 Å². The van der Waals surface area contributed by atoms with Crippen molar-refractivity contribution < 1.29 is 14.3 Å². The molecule has 0 aliphatic rings. The predicted molar refractivity (Wildman–Crippen MR) is 122 cm³/mol. The van der Waals surface area contributed by atoms with Crippen LogP contribution in [0.15, 0.2) is 54.6 Å². The third-order valence-electron chi connectivity index (χ3n) is 4.44. The molecule has 0 aliphatic heterocycles. The highest BCUT2D eigenvalue weighted by Crippen LogP contribution is 2.23. The number of anilines is 1. The van der Waals surface area contributed by atoms with Crippen LogP contribution in [0.1, 0.15) is 22.4 Å². The molecule has 160 valence electrons. The topological polar surface area (TPSA) is 73.2 Å². The molecule has 3 rings (SSSR count). The molecule has 0 aliphatic carbocycles. The standard InChI is InChI=1S/C23H21Cl2N3O3/c1-15-7-9-17(10-8-15)13-28-23(25)18(16(2)27-28)11-12-22(30)31-14-21(29)26-20-6-4-3-5-19(20)24/h3-12H,13-14H2,1-2H3,(H,26,29)/b12-11+. The van der Waals surface area contributed by atoms with E-state index in [1.807, 2.05) is 31.2 Å². The minimum absolute atomic E-state index is 0.398. The number of nitrogens with one attached hydrogen (secondary N) is 1. The van der Waals surface area contributed by atoms with E-state index in [9.17, 15) is 9.59 Å². The lowest BCUT2D eigenvalue weighted by atomic mass is 10.1. The molecule has 1 heterocycles. The van der Waals surface area contributed by atoms with E-state index in [0.29, 0.717) is 33.7 Å². The summed E-state index contributed by atoms with van der Waals surface area (Å²) in [7, 11) is 0. The molecule has 0 saturated heterocycles. The van der Waals surface area contributed by atoms with Crippen LogP contribution in [0.3, 0.4) is 0 Å². The molecule has 31 heavy (non-hydrogen) atoms. The van der Waals surface area contributed by atoms with Crippen LogP contribution in [0, 0.1) is 13.8 Å². The summed E-state index contributed by atoms with van der Waals surface area (Å²) in [6, 6.07) is 14.9. The molecule has 0 spiro atoms. The number of nitrogens with zero attached hydrogens (tertiary/aromatic N) is 2. The van der Waals surface area contributed by atoms with Crippen molar-refractivity contribution in [3.63, 3.8) is 0 Å². The van der Waals surface area contributed by atoms with Gasteiger partial charge in [0.2, 0.25) is 0 Å². The van der Waals surface area contributed by atoms with Gasteiger partial charge in [0.05, 0.1) is 22.9 Å². The number of para-hydroxylation sites is 1. The number of aromatic nitrogens is 2. The lowest BCUT2D eigenvalue weighted by Crippen LogP contribution is -2.20. The number of ether oxygens (including phenoxy) is 1. The first-order valence-electron chi connectivity index (χ1n) is 9.51. The van der Waals surface area contributed by atoms with Gasteiger partial charge in [0.25, 0.3) is 5.91 Å². The normalized spacial score (nSPS) is 11.0. The zero-order chi connectivity index (χ0) is 22.4. The molecule has 0 unspecified atom stereocenters. The minimum atomic E-state index is -0.670. The zero-order valence-corrected chi connectivity index (χ0v) is 18.6. The number of amides is 1. The number of rotatable bonds is 7. The first kappa shape index (κ1) is 22.6. The first-order chi connectivity index (χ1) is 14.8. The molecule has 1 amide bonds. The number of halogens is 2. The van der Waals surface area contributed by atoms with Gasteiger partial charge in [-0.15, -0.1) is 0 Å². The monoisotopic (exact) mass is 457 g/mol. The van der Waals surface area contributed by atoms with Gasteiger partial charge < -0.3 is 10.1 Å². The van der Waals surface area contributed by atoms with Crippen molar-refractivity contribution in [1.29, 1.82) is 0 Å². The molecule has 1 aromatic heterocycles.